The maximum absolute atomic E-state index is 10.5. The quantitative estimate of drug-likeness (QED) is 0.628. The molecule has 0 saturated heterocycles. The first-order valence-corrected chi connectivity index (χ1v) is 5.04. The van der Waals surface area contributed by atoms with Gasteiger partial charge in [-0.05, 0) is 25.7 Å². The maximum Gasteiger partial charge on any atom is 0.332 e. The minimum absolute atomic E-state index is 0.0775. The predicted octanol–water partition coefficient (Wildman–Crippen LogP) is 1.16. The Labute approximate surface area is 94.3 Å². The first kappa shape index (κ1) is 14.4. The lowest BCUT2D eigenvalue weighted by molar-refractivity contribution is -0.136. The molecule has 90 valence electrons. The maximum atomic E-state index is 10.5. The number of hydrogen-bond donors (Lipinski definition) is 3. The molecule has 0 atom stereocenters. The second-order valence-corrected chi connectivity index (χ2v) is 3.30. The molecule has 0 aliphatic heterocycles. The Hall–Kier alpha value is -1.62. The third kappa shape index (κ3) is 4.75. The van der Waals surface area contributed by atoms with Crippen LogP contribution in [0.15, 0.2) is 23.8 Å². The van der Waals surface area contributed by atoms with Gasteiger partial charge in [0.15, 0.2) is 0 Å². The van der Waals surface area contributed by atoms with Gasteiger partial charge in [-0.2, -0.15) is 0 Å². The largest absolute Gasteiger partial charge is 0.478 e. The zero-order chi connectivity index (χ0) is 12.6. The third-order valence-electron chi connectivity index (χ3n) is 2.15. The van der Waals surface area contributed by atoms with Crippen molar-refractivity contribution in [2.24, 2.45) is 5.73 Å². The monoisotopic (exact) mass is 227 g/mol. The van der Waals surface area contributed by atoms with Crippen molar-refractivity contribution in [3.8, 4) is 0 Å². The molecular weight excluding hydrogens is 210 g/mol. The summed E-state index contributed by atoms with van der Waals surface area (Å²) >= 11 is 0. The summed E-state index contributed by atoms with van der Waals surface area (Å²) in [6, 6.07) is 0. The van der Waals surface area contributed by atoms with E-state index in [0.29, 0.717) is 19.4 Å². The average Bonchev–Trinajstić information content (AvgIpc) is 2.29. The molecule has 0 amide bonds. The van der Waals surface area contributed by atoms with Crippen LogP contribution in [0, 0.1) is 0 Å². The molecule has 0 radical (unpaired) electrons. The molecule has 5 heteroatoms. The molecule has 16 heavy (non-hydrogen) atoms. The van der Waals surface area contributed by atoms with Crippen molar-refractivity contribution in [2.75, 3.05) is 6.54 Å². The van der Waals surface area contributed by atoms with Gasteiger partial charge in [-0.25, -0.2) is 9.59 Å². The van der Waals surface area contributed by atoms with E-state index in [1.807, 2.05) is 0 Å². The predicted molar refractivity (Wildman–Crippen MR) is 60.0 cm³/mol. The third-order valence-corrected chi connectivity index (χ3v) is 2.15. The summed E-state index contributed by atoms with van der Waals surface area (Å²) in [6.07, 6.45) is 3.98. The van der Waals surface area contributed by atoms with Crippen molar-refractivity contribution in [3.05, 3.63) is 23.8 Å². The second kappa shape index (κ2) is 7.64. The Morgan fingerprint density at radius 1 is 1.19 bits per heavy atom. The molecule has 0 heterocycles. The lowest BCUT2D eigenvalue weighted by Gasteiger charge is -2.13. The van der Waals surface area contributed by atoms with Crippen LogP contribution >= 0.6 is 0 Å². The number of carbonyl (C=O) groups is 2. The summed E-state index contributed by atoms with van der Waals surface area (Å²) < 4.78 is 0. The summed E-state index contributed by atoms with van der Waals surface area (Å²) in [4.78, 5) is 21.1. The van der Waals surface area contributed by atoms with Gasteiger partial charge in [0.2, 0.25) is 0 Å². The molecule has 0 bridgehead atoms. The zero-order valence-corrected chi connectivity index (χ0v) is 9.11. The zero-order valence-electron chi connectivity index (χ0n) is 9.11. The minimum atomic E-state index is -1.09. The molecule has 0 saturated carbocycles. The SMILES string of the molecule is C=CCN.O=C(O)C1=C(C(=O)O)CCCC1. The summed E-state index contributed by atoms with van der Waals surface area (Å²) in [7, 11) is 0. The summed E-state index contributed by atoms with van der Waals surface area (Å²) in [6.45, 7) is 3.94. The Balaban J connectivity index is 0.000000487. The van der Waals surface area contributed by atoms with E-state index in [9.17, 15) is 9.59 Å². The Morgan fingerprint density at radius 2 is 1.50 bits per heavy atom. The molecule has 0 fully saturated rings. The molecule has 1 rings (SSSR count). The van der Waals surface area contributed by atoms with E-state index in [2.05, 4.69) is 6.58 Å². The number of carboxylic acid groups (broad SMARTS) is 2. The summed E-state index contributed by atoms with van der Waals surface area (Å²) in [5.74, 6) is -2.18. The van der Waals surface area contributed by atoms with E-state index < -0.39 is 11.9 Å². The molecule has 0 unspecified atom stereocenters. The van der Waals surface area contributed by atoms with Crippen LogP contribution in [0.3, 0.4) is 0 Å². The van der Waals surface area contributed by atoms with E-state index in [0.717, 1.165) is 12.8 Å². The van der Waals surface area contributed by atoms with Crippen molar-refractivity contribution in [2.45, 2.75) is 25.7 Å². The van der Waals surface area contributed by atoms with Crippen LogP contribution in [0.25, 0.3) is 0 Å². The molecule has 0 aromatic carbocycles. The topological polar surface area (TPSA) is 101 Å². The molecule has 1 aliphatic carbocycles. The first-order chi connectivity index (χ1) is 7.54. The van der Waals surface area contributed by atoms with Crippen LogP contribution in [0.4, 0.5) is 0 Å². The fourth-order valence-corrected chi connectivity index (χ4v) is 1.38. The number of carboxylic acids is 2. The second-order valence-electron chi connectivity index (χ2n) is 3.30. The minimum Gasteiger partial charge on any atom is -0.478 e. The highest BCUT2D eigenvalue weighted by Gasteiger charge is 2.22. The van der Waals surface area contributed by atoms with Gasteiger partial charge in [0.05, 0.1) is 0 Å². The van der Waals surface area contributed by atoms with Gasteiger partial charge >= 0.3 is 11.9 Å². The van der Waals surface area contributed by atoms with E-state index in [-0.39, 0.29) is 11.1 Å². The standard InChI is InChI=1S/C8H10O4.C3H7N/c9-7(10)5-3-1-2-4-6(5)8(11)12;1-2-3-4/h1-4H2,(H,9,10)(H,11,12);2H,1,3-4H2. The van der Waals surface area contributed by atoms with Crippen LogP contribution < -0.4 is 5.73 Å². The molecular formula is C11H17NO4. The van der Waals surface area contributed by atoms with Gasteiger partial charge in [0, 0.05) is 17.7 Å². The molecule has 0 aromatic rings. The molecule has 0 spiro atoms. The van der Waals surface area contributed by atoms with Crippen molar-refractivity contribution in [3.63, 3.8) is 0 Å². The van der Waals surface area contributed by atoms with Gasteiger partial charge < -0.3 is 15.9 Å². The van der Waals surface area contributed by atoms with Gasteiger partial charge in [-0.3, -0.25) is 0 Å². The number of aliphatic carboxylic acids is 2. The highest BCUT2D eigenvalue weighted by molar-refractivity contribution is 5.99. The normalized spacial score (nSPS) is 14.8. The summed E-state index contributed by atoms with van der Waals surface area (Å²) in [5, 5.41) is 17.3. The highest BCUT2D eigenvalue weighted by Crippen LogP contribution is 2.24. The van der Waals surface area contributed by atoms with E-state index >= 15 is 0 Å². The van der Waals surface area contributed by atoms with Crippen molar-refractivity contribution in [1.82, 2.24) is 0 Å². The van der Waals surface area contributed by atoms with Gasteiger partial charge in [0.25, 0.3) is 0 Å². The first-order valence-electron chi connectivity index (χ1n) is 5.04. The Bertz CT molecular complexity index is 281. The lowest BCUT2D eigenvalue weighted by atomic mass is 9.92. The van der Waals surface area contributed by atoms with Crippen LogP contribution in [-0.2, 0) is 9.59 Å². The molecule has 1 aliphatic rings. The van der Waals surface area contributed by atoms with E-state index in [1.165, 1.54) is 0 Å². The van der Waals surface area contributed by atoms with Crippen LogP contribution in [0.5, 0.6) is 0 Å². The van der Waals surface area contributed by atoms with Crippen molar-refractivity contribution in [1.29, 1.82) is 0 Å². The Morgan fingerprint density at radius 3 is 1.69 bits per heavy atom. The number of rotatable bonds is 3. The van der Waals surface area contributed by atoms with Crippen molar-refractivity contribution < 1.29 is 19.8 Å². The van der Waals surface area contributed by atoms with Crippen molar-refractivity contribution >= 4 is 11.9 Å². The lowest BCUT2D eigenvalue weighted by Crippen LogP contribution is -2.14. The van der Waals surface area contributed by atoms with E-state index in [1.54, 1.807) is 6.08 Å². The van der Waals surface area contributed by atoms with E-state index in [4.69, 9.17) is 15.9 Å². The molecule has 5 nitrogen and oxygen atoms in total. The fraction of sp³-hybridized carbons (Fsp3) is 0.455. The number of nitrogens with two attached hydrogens (primary N) is 1. The average molecular weight is 227 g/mol. The van der Waals surface area contributed by atoms with Gasteiger partial charge in [0.1, 0.15) is 0 Å². The van der Waals surface area contributed by atoms with Gasteiger partial charge in [-0.15, -0.1) is 6.58 Å². The summed E-state index contributed by atoms with van der Waals surface area (Å²) in [5.41, 5.74) is 5.06. The molecule has 4 N–H and O–H groups in total. The van der Waals surface area contributed by atoms with Crippen LogP contribution in [-0.4, -0.2) is 28.7 Å². The highest BCUT2D eigenvalue weighted by atomic mass is 16.4. The molecule has 0 aromatic heterocycles. The number of hydrogen-bond acceptors (Lipinski definition) is 3. The Kier molecular flexibility index (Phi) is 6.87. The fourth-order valence-electron chi connectivity index (χ4n) is 1.38. The van der Waals surface area contributed by atoms with Crippen LogP contribution in [0.1, 0.15) is 25.7 Å². The smallest absolute Gasteiger partial charge is 0.332 e. The van der Waals surface area contributed by atoms with Gasteiger partial charge in [-0.1, -0.05) is 6.08 Å². The van der Waals surface area contributed by atoms with Crippen LogP contribution in [0.2, 0.25) is 0 Å².